The molecule has 0 saturated heterocycles. The molecule has 0 aliphatic heterocycles. The maximum Gasteiger partial charge on any atom is 0.160 e. The summed E-state index contributed by atoms with van der Waals surface area (Å²) in [4.78, 5) is 12.1. The fourth-order valence-corrected chi connectivity index (χ4v) is 2.88. The molecule has 0 unspecified atom stereocenters. The van der Waals surface area contributed by atoms with Crippen molar-refractivity contribution < 1.29 is 4.79 Å². The molecule has 0 saturated carbocycles. The molecule has 2 rings (SSSR count). The number of carbonyl (C=O) groups excluding carboxylic acids is 1. The molecular formula is C17H22Cl2O. The molecule has 0 spiro atoms. The Hall–Kier alpha value is -0.790. The third-order valence-electron chi connectivity index (χ3n) is 3.32. The fourth-order valence-electron chi connectivity index (χ4n) is 2.44. The van der Waals surface area contributed by atoms with E-state index in [-0.39, 0.29) is 17.1 Å². The number of ketones is 1. The van der Waals surface area contributed by atoms with Gasteiger partial charge in [0, 0.05) is 17.0 Å². The first-order chi connectivity index (χ1) is 9.43. The number of carbonyl (C=O) groups is 1. The molecule has 1 nitrogen and oxygen atoms in total. The van der Waals surface area contributed by atoms with Gasteiger partial charge < -0.3 is 0 Å². The standard InChI is InChI=1S/C15H16Cl2O.C2H6/c1-15(2)7-12(13(9-16)14(18)8-15)10-3-5-11(17)6-4-10;1-2/h3-6H,7-9H2,1-2H3;1-2H3. The topological polar surface area (TPSA) is 17.1 Å². The third-order valence-corrected chi connectivity index (χ3v) is 3.84. The second-order valence-corrected chi connectivity index (χ2v) is 6.24. The van der Waals surface area contributed by atoms with E-state index >= 15 is 0 Å². The van der Waals surface area contributed by atoms with Gasteiger partial charge in [-0.05, 0) is 35.1 Å². The van der Waals surface area contributed by atoms with Crippen LogP contribution in [0.25, 0.3) is 5.57 Å². The van der Waals surface area contributed by atoms with E-state index in [1.807, 2.05) is 38.1 Å². The summed E-state index contributed by atoms with van der Waals surface area (Å²) in [5.41, 5.74) is 2.89. The lowest BCUT2D eigenvalue weighted by Crippen LogP contribution is -2.25. The van der Waals surface area contributed by atoms with E-state index in [9.17, 15) is 4.79 Å². The van der Waals surface area contributed by atoms with E-state index in [1.54, 1.807) is 0 Å². The summed E-state index contributed by atoms with van der Waals surface area (Å²) in [6.07, 6.45) is 1.45. The Morgan fingerprint density at radius 2 is 1.65 bits per heavy atom. The van der Waals surface area contributed by atoms with Gasteiger partial charge in [-0.2, -0.15) is 0 Å². The lowest BCUT2D eigenvalue weighted by molar-refractivity contribution is -0.117. The van der Waals surface area contributed by atoms with Crippen molar-refractivity contribution in [1.82, 2.24) is 0 Å². The molecule has 1 aliphatic carbocycles. The van der Waals surface area contributed by atoms with Crippen LogP contribution in [0, 0.1) is 5.41 Å². The van der Waals surface area contributed by atoms with Crippen molar-refractivity contribution >= 4 is 34.6 Å². The van der Waals surface area contributed by atoms with Gasteiger partial charge in [0.1, 0.15) is 0 Å². The molecule has 1 aromatic carbocycles. The zero-order valence-electron chi connectivity index (χ0n) is 12.6. The van der Waals surface area contributed by atoms with Gasteiger partial charge >= 0.3 is 0 Å². The van der Waals surface area contributed by atoms with E-state index in [2.05, 4.69) is 13.8 Å². The van der Waals surface area contributed by atoms with Crippen molar-refractivity contribution in [3.8, 4) is 0 Å². The number of allylic oxidation sites excluding steroid dienone is 2. The van der Waals surface area contributed by atoms with Crippen LogP contribution >= 0.6 is 23.2 Å². The summed E-state index contributed by atoms with van der Waals surface area (Å²) in [6.45, 7) is 8.23. The van der Waals surface area contributed by atoms with Crippen molar-refractivity contribution in [2.24, 2.45) is 5.41 Å². The van der Waals surface area contributed by atoms with Crippen molar-refractivity contribution in [2.45, 2.75) is 40.5 Å². The second kappa shape index (κ2) is 7.28. The number of rotatable bonds is 2. The number of hydrogen-bond acceptors (Lipinski definition) is 1. The SMILES string of the molecule is CC.CC1(C)CC(=O)C(CCl)=C(c2ccc(Cl)cc2)C1. The highest BCUT2D eigenvalue weighted by Gasteiger charge is 2.32. The monoisotopic (exact) mass is 312 g/mol. The number of halogens is 2. The Morgan fingerprint density at radius 1 is 1.10 bits per heavy atom. The summed E-state index contributed by atoms with van der Waals surface area (Å²) < 4.78 is 0. The molecule has 0 aromatic heterocycles. The van der Waals surface area contributed by atoms with Crippen LogP contribution in [0.15, 0.2) is 29.8 Å². The summed E-state index contributed by atoms with van der Waals surface area (Å²) in [5, 5.41) is 0.702. The molecule has 0 amide bonds. The molecule has 20 heavy (non-hydrogen) atoms. The largest absolute Gasteiger partial charge is 0.294 e. The van der Waals surface area contributed by atoms with E-state index in [1.165, 1.54) is 0 Å². The zero-order valence-corrected chi connectivity index (χ0v) is 14.1. The Labute approximate surface area is 132 Å². The number of benzene rings is 1. The van der Waals surface area contributed by atoms with Gasteiger partial charge in [0.05, 0.1) is 5.88 Å². The summed E-state index contributed by atoms with van der Waals surface area (Å²) in [6, 6.07) is 7.61. The zero-order chi connectivity index (χ0) is 15.3. The maximum absolute atomic E-state index is 12.1. The molecule has 0 radical (unpaired) electrons. The molecule has 0 fully saturated rings. The lowest BCUT2D eigenvalue weighted by atomic mass is 9.72. The van der Waals surface area contributed by atoms with Crippen LogP contribution in [0.1, 0.15) is 46.1 Å². The van der Waals surface area contributed by atoms with Crippen molar-refractivity contribution in [3.05, 3.63) is 40.4 Å². The Morgan fingerprint density at radius 3 is 2.15 bits per heavy atom. The van der Waals surface area contributed by atoms with E-state index in [0.29, 0.717) is 11.4 Å². The quantitative estimate of drug-likeness (QED) is 0.636. The predicted octanol–water partition coefficient (Wildman–Crippen LogP) is 5.75. The lowest BCUT2D eigenvalue weighted by Gasteiger charge is -2.32. The second-order valence-electron chi connectivity index (χ2n) is 5.54. The Kier molecular flexibility index (Phi) is 6.29. The molecule has 0 bridgehead atoms. The minimum Gasteiger partial charge on any atom is -0.294 e. The van der Waals surface area contributed by atoms with Crippen LogP contribution in [-0.2, 0) is 4.79 Å². The predicted molar refractivity (Wildman–Crippen MR) is 88.5 cm³/mol. The van der Waals surface area contributed by atoms with Crippen LogP contribution < -0.4 is 0 Å². The Bertz CT molecular complexity index is 498. The van der Waals surface area contributed by atoms with Gasteiger partial charge in [0.25, 0.3) is 0 Å². The Balaban J connectivity index is 0.000000956. The smallest absolute Gasteiger partial charge is 0.160 e. The highest BCUT2D eigenvalue weighted by Crippen LogP contribution is 2.41. The minimum atomic E-state index is 0.00160. The molecule has 1 aliphatic rings. The molecule has 0 heterocycles. The van der Waals surface area contributed by atoms with Crippen molar-refractivity contribution in [1.29, 1.82) is 0 Å². The molecular weight excluding hydrogens is 291 g/mol. The van der Waals surface area contributed by atoms with Gasteiger partial charge in [0.15, 0.2) is 5.78 Å². The molecule has 0 N–H and O–H groups in total. The first-order valence-corrected chi connectivity index (χ1v) is 7.91. The minimum absolute atomic E-state index is 0.00160. The first kappa shape index (κ1) is 17.3. The normalized spacial score (nSPS) is 17.6. The van der Waals surface area contributed by atoms with Crippen LogP contribution in [0.4, 0.5) is 0 Å². The summed E-state index contributed by atoms with van der Waals surface area (Å²) in [5.74, 6) is 0.457. The van der Waals surface area contributed by atoms with Gasteiger partial charge in [-0.15, -0.1) is 11.6 Å². The van der Waals surface area contributed by atoms with Gasteiger partial charge in [0.2, 0.25) is 0 Å². The van der Waals surface area contributed by atoms with Crippen LogP contribution in [0.2, 0.25) is 5.02 Å². The maximum atomic E-state index is 12.1. The summed E-state index contributed by atoms with van der Waals surface area (Å²) >= 11 is 11.8. The van der Waals surface area contributed by atoms with E-state index in [4.69, 9.17) is 23.2 Å². The average molecular weight is 313 g/mol. The van der Waals surface area contributed by atoms with Gasteiger partial charge in [-0.25, -0.2) is 0 Å². The van der Waals surface area contributed by atoms with E-state index in [0.717, 1.165) is 23.1 Å². The van der Waals surface area contributed by atoms with Gasteiger partial charge in [-0.3, -0.25) is 4.79 Å². The van der Waals surface area contributed by atoms with Gasteiger partial charge in [-0.1, -0.05) is 51.4 Å². The molecule has 110 valence electrons. The third kappa shape index (κ3) is 4.10. The molecule has 1 aromatic rings. The van der Waals surface area contributed by atoms with Crippen LogP contribution in [-0.4, -0.2) is 11.7 Å². The number of alkyl halides is 1. The summed E-state index contributed by atoms with van der Waals surface area (Å²) in [7, 11) is 0. The number of Topliss-reactive ketones (excluding diaryl/α,β-unsaturated/α-hetero) is 1. The highest BCUT2D eigenvalue weighted by molar-refractivity contribution is 6.30. The van der Waals surface area contributed by atoms with E-state index < -0.39 is 0 Å². The number of hydrogen-bond donors (Lipinski definition) is 0. The van der Waals surface area contributed by atoms with Crippen LogP contribution in [0.3, 0.4) is 0 Å². The first-order valence-electron chi connectivity index (χ1n) is 7.00. The molecule has 3 heteroatoms. The van der Waals surface area contributed by atoms with Crippen molar-refractivity contribution in [2.75, 3.05) is 5.88 Å². The fraction of sp³-hybridized carbons (Fsp3) is 0.471. The average Bonchev–Trinajstić information content (AvgIpc) is 2.40. The molecule has 0 atom stereocenters. The van der Waals surface area contributed by atoms with Crippen molar-refractivity contribution in [3.63, 3.8) is 0 Å². The highest BCUT2D eigenvalue weighted by atomic mass is 35.5. The van der Waals surface area contributed by atoms with Crippen LogP contribution in [0.5, 0.6) is 0 Å².